The molecule has 2 heterocycles. The summed E-state index contributed by atoms with van der Waals surface area (Å²) >= 11 is 1.74. The molecule has 0 aliphatic carbocycles. The molecule has 1 saturated heterocycles. The third kappa shape index (κ3) is 3.95. The Balaban J connectivity index is 1.39. The molecule has 0 saturated carbocycles. The monoisotopic (exact) mass is 382 g/mol. The van der Waals surface area contributed by atoms with Crippen LogP contribution in [0, 0.1) is 0 Å². The summed E-state index contributed by atoms with van der Waals surface area (Å²) in [6, 6.07) is 16.4. The van der Waals surface area contributed by atoms with E-state index in [1.165, 1.54) is 9.79 Å². The maximum absolute atomic E-state index is 12.2. The lowest BCUT2D eigenvalue weighted by atomic mass is 10.2. The topological polar surface area (TPSA) is 49.9 Å². The van der Waals surface area contributed by atoms with Gasteiger partial charge in [0.2, 0.25) is 0 Å². The number of nitrogens with zero attached hydrogens (tertiary/aromatic N) is 2. The van der Waals surface area contributed by atoms with Gasteiger partial charge in [-0.2, -0.15) is 0 Å². The third-order valence-corrected chi connectivity index (χ3v) is 6.02. The molecule has 0 spiro atoms. The van der Waals surface area contributed by atoms with Crippen LogP contribution in [0.1, 0.15) is 19.3 Å². The number of benzene rings is 2. The Labute approximate surface area is 163 Å². The van der Waals surface area contributed by atoms with E-state index >= 15 is 0 Å². The van der Waals surface area contributed by atoms with Crippen LogP contribution in [0.3, 0.4) is 0 Å². The predicted octanol–water partition coefficient (Wildman–Crippen LogP) is 3.85. The number of hydrogen-bond acceptors (Lipinski definition) is 5. The van der Waals surface area contributed by atoms with Crippen molar-refractivity contribution in [2.75, 3.05) is 31.1 Å². The number of carbonyl (C=O) groups excluding carboxylic acids is 2. The number of rotatable bonds is 5. The van der Waals surface area contributed by atoms with E-state index in [0.29, 0.717) is 6.54 Å². The van der Waals surface area contributed by atoms with Gasteiger partial charge in [0.15, 0.2) is 6.61 Å². The molecule has 1 fully saturated rings. The lowest BCUT2D eigenvalue weighted by Gasteiger charge is -2.32. The average molecular weight is 382 g/mol. The fraction of sp³-hybridized carbons (Fsp3) is 0.333. The van der Waals surface area contributed by atoms with Crippen molar-refractivity contribution in [2.45, 2.75) is 29.1 Å². The van der Waals surface area contributed by atoms with Crippen molar-refractivity contribution in [3.8, 4) is 0 Å². The lowest BCUT2D eigenvalue weighted by molar-refractivity contribution is -0.151. The van der Waals surface area contributed by atoms with E-state index in [1.54, 1.807) is 16.7 Å². The van der Waals surface area contributed by atoms with Gasteiger partial charge in [0.1, 0.15) is 0 Å². The van der Waals surface area contributed by atoms with Crippen molar-refractivity contribution >= 4 is 35.0 Å². The Morgan fingerprint density at radius 2 is 1.52 bits per heavy atom. The molecule has 5 nitrogen and oxygen atoms in total. The number of fused-ring (bicyclic) bond motifs is 2. The van der Waals surface area contributed by atoms with Crippen LogP contribution < -0.4 is 4.90 Å². The summed E-state index contributed by atoms with van der Waals surface area (Å²) in [5.74, 6) is -0.429. The summed E-state index contributed by atoms with van der Waals surface area (Å²) in [5, 5.41) is 0. The zero-order chi connectivity index (χ0) is 18.6. The Hall–Kier alpha value is -2.47. The summed E-state index contributed by atoms with van der Waals surface area (Å²) in [7, 11) is 0. The molecular formula is C21H22N2O3S. The normalized spacial score (nSPS) is 15.3. The molecule has 27 heavy (non-hydrogen) atoms. The second-order valence-corrected chi connectivity index (χ2v) is 7.77. The number of likely N-dealkylation sites (tertiary alicyclic amines) is 1. The van der Waals surface area contributed by atoms with Crippen LogP contribution in [0.5, 0.6) is 0 Å². The van der Waals surface area contributed by atoms with E-state index in [9.17, 15) is 9.59 Å². The van der Waals surface area contributed by atoms with E-state index in [-0.39, 0.29) is 24.9 Å². The van der Waals surface area contributed by atoms with E-state index in [1.807, 2.05) is 24.3 Å². The minimum atomic E-state index is -0.337. The summed E-state index contributed by atoms with van der Waals surface area (Å²) in [6.45, 7) is 1.91. The first-order valence-corrected chi connectivity index (χ1v) is 10.1. The first-order valence-electron chi connectivity index (χ1n) is 9.29. The summed E-state index contributed by atoms with van der Waals surface area (Å²) in [4.78, 5) is 30.5. The van der Waals surface area contributed by atoms with Crippen molar-refractivity contribution < 1.29 is 14.3 Å². The maximum atomic E-state index is 12.2. The number of amides is 1. The standard InChI is InChI=1S/C21H22N2O3S/c24-20(22-12-5-6-13-22)15-26-21(25)11-14-23-16-7-1-3-9-18(16)27-19-10-4-2-8-17(19)23/h1-4,7-10H,5-6,11-15H2. The number of esters is 1. The smallest absolute Gasteiger partial charge is 0.308 e. The van der Waals surface area contributed by atoms with Crippen molar-refractivity contribution in [3.63, 3.8) is 0 Å². The van der Waals surface area contributed by atoms with Crippen LogP contribution in [0.4, 0.5) is 11.4 Å². The largest absolute Gasteiger partial charge is 0.456 e. The second-order valence-electron chi connectivity index (χ2n) is 6.69. The zero-order valence-electron chi connectivity index (χ0n) is 15.1. The maximum Gasteiger partial charge on any atom is 0.308 e. The minimum Gasteiger partial charge on any atom is -0.456 e. The fourth-order valence-corrected chi connectivity index (χ4v) is 4.59. The van der Waals surface area contributed by atoms with Crippen LogP contribution in [-0.4, -0.2) is 43.0 Å². The molecule has 0 unspecified atom stereocenters. The van der Waals surface area contributed by atoms with Gasteiger partial charge in [0.05, 0.1) is 17.8 Å². The minimum absolute atomic E-state index is 0.0917. The van der Waals surface area contributed by atoms with Crippen molar-refractivity contribution in [1.82, 2.24) is 4.90 Å². The second kappa shape index (κ2) is 8.05. The molecule has 2 aromatic carbocycles. The molecule has 140 valence electrons. The van der Waals surface area contributed by atoms with Crippen molar-refractivity contribution in [2.24, 2.45) is 0 Å². The first-order chi connectivity index (χ1) is 13.2. The van der Waals surface area contributed by atoms with Gasteiger partial charge in [-0.25, -0.2) is 0 Å². The van der Waals surface area contributed by atoms with Gasteiger partial charge in [-0.15, -0.1) is 0 Å². The van der Waals surface area contributed by atoms with Gasteiger partial charge in [-0.3, -0.25) is 9.59 Å². The number of para-hydroxylation sites is 2. The number of carbonyl (C=O) groups is 2. The molecule has 6 heteroatoms. The Bertz CT molecular complexity index is 803. The Morgan fingerprint density at radius 3 is 2.15 bits per heavy atom. The van der Waals surface area contributed by atoms with Crippen LogP contribution in [0.2, 0.25) is 0 Å². The Morgan fingerprint density at radius 1 is 0.926 bits per heavy atom. The summed E-state index contributed by atoms with van der Waals surface area (Å²) in [5.41, 5.74) is 2.20. The average Bonchev–Trinajstić information content (AvgIpc) is 3.24. The molecule has 0 N–H and O–H groups in total. The van der Waals surface area contributed by atoms with Gasteiger partial charge in [0.25, 0.3) is 5.91 Å². The summed E-state index contributed by atoms with van der Waals surface area (Å²) < 4.78 is 5.22. The van der Waals surface area contributed by atoms with Gasteiger partial charge < -0.3 is 14.5 Å². The summed E-state index contributed by atoms with van der Waals surface area (Å²) in [6.07, 6.45) is 2.30. The van der Waals surface area contributed by atoms with Crippen molar-refractivity contribution in [3.05, 3.63) is 48.5 Å². The molecule has 2 aromatic rings. The SMILES string of the molecule is O=C(CCN1c2ccccc2Sc2ccccc21)OCC(=O)N1CCCC1. The lowest BCUT2D eigenvalue weighted by Crippen LogP contribution is -2.32. The van der Waals surface area contributed by atoms with E-state index in [0.717, 1.165) is 37.3 Å². The molecule has 0 atom stereocenters. The molecule has 4 rings (SSSR count). The highest BCUT2D eigenvalue weighted by atomic mass is 32.2. The van der Waals surface area contributed by atoms with Crippen molar-refractivity contribution in [1.29, 1.82) is 0 Å². The molecule has 2 aliphatic rings. The number of hydrogen-bond donors (Lipinski definition) is 0. The molecule has 1 amide bonds. The van der Waals surface area contributed by atoms with Gasteiger partial charge >= 0.3 is 5.97 Å². The van der Waals surface area contributed by atoms with Crippen LogP contribution >= 0.6 is 11.8 Å². The van der Waals surface area contributed by atoms with E-state index < -0.39 is 0 Å². The molecule has 0 bridgehead atoms. The third-order valence-electron chi connectivity index (χ3n) is 4.89. The van der Waals surface area contributed by atoms with Crippen LogP contribution in [-0.2, 0) is 14.3 Å². The van der Waals surface area contributed by atoms with Gasteiger partial charge in [-0.05, 0) is 37.1 Å². The highest BCUT2D eigenvalue weighted by molar-refractivity contribution is 7.99. The highest BCUT2D eigenvalue weighted by Gasteiger charge is 2.24. The van der Waals surface area contributed by atoms with E-state index in [2.05, 4.69) is 29.2 Å². The first kappa shape index (κ1) is 17.9. The predicted molar refractivity (Wildman–Crippen MR) is 105 cm³/mol. The van der Waals surface area contributed by atoms with Gasteiger partial charge in [-0.1, -0.05) is 36.0 Å². The molecule has 2 aliphatic heterocycles. The molecule has 0 radical (unpaired) electrons. The molecule has 0 aromatic heterocycles. The van der Waals surface area contributed by atoms with Crippen LogP contribution in [0.15, 0.2) is 58.3 Å². The molecular weight excluding hydrogens is 360 g/mol. The highest BCUT2D eigenvalue weighted by Crippen LogP contribution is 2.47. The quantitative estimate of drug-likeness (QED) is 0.736. The Kier molecular flexibility index (Phi) is 5.34. The number of ether oxygens (including phenoxy) is 1. The fourth-order valence-electron chi connectivity index (χ4n) is 3.50. The van der Waals surface area contributed by atoms with Crippen LogP contribution in [0.25, 0.3) is 0 Å². The van der Waals surface area contributed by atoms with E-state index in [4.69, 9.17) is 4.74 Å². The number of anilines is 2. The van der Waals surface area contributed by atoms with Gasteiger partial charge in [0, 0.05) is 29.4 Å². The zero-order valence-corrected chi connectivity index (χ0v) is 15.9.